The van der Waals surface area contributed by atoms with Crippen molar-refractivity contribution >= 4 is 11.8 Å². The Morgan fingerprint density at radius 2 is 1.91 bits per heavy atom. The summed E-state index contributed by atoms with van der Waals surface area (Å²) in [5.74, 6) is 4.47. The predicted molar refractivity (Wildman–Crippen MR) is 84.0 cm³/mol. The molecular weight excluding hydrogens is 280 g/mol. The Morgan fingerprint density at radius 3 is 2.45 bits per heavy atom. The average Bonchev–Trinajstić information content (AvgIpc) is 2.46. The highest BCUT2D eigenvalue weighted by molar-refractivity contribution is 5.96. The van der Waals surface area contributed by atoms with E-state index < -0.39 is 11.6 Å². The van der Waals surface area contributed by atoms with Gasteiger partial charge in [-0.15, -0.1) is 0 Å². The van der Waals surface area contributed by atoms with Crippen LogP contribution in [0, 0.1) is 17.8 Å². The molecule has 0 spiro atoms. The standard InChI is InChI=1S/C18H22O4/c1-4-22-17(20)12-16(19)13-18(21,14(2)3)11-10-15-8-6-5-7-9-15/h5-9,14,21H,4,12-13H2,1-3H3. The monoisotopic (exact) mass is 302 g/mol. The van der Waals surface area contributed by atoms with Gasteiger partial charge in [0.2, 0.25) is 0 Å². The summed E-state index contributed by atoms with van der Waals surface area (Å²) in [5, 5.41) is 10.6. The molecule has 0 amide bonds. The first-order chi connectivity index (χ1) is 10.4. The number of hydrogen-bond donors (Lipinski definition) is 1. The number of carbonyl (C=O) groups is 2. The number of ketones is 1. The van der Waals surface area contributed by atoms with E-state index in [0.717, 1.165) is 5.56 Å². The number of esters is 1. The SMILES string of the molecule is CCOC(=O)CC(=O)CC(O)(C#Cc1ccccc1)C(C)C. The van der Waals surface area contributed by atoms with E-state index in [1.165, 1.54) is 0 Å². The lowest BCUT2D eigenvalue weighted by molar-refractivity contribution is -0.146. The maximum Gasteiger partial charge on any atom is 0.313 e. The molecule has 1 N–H and O–H groups in total. The molecule has 0 saturated heterocycles. The average molecular weight is 302 g/mol. The van der Waals surface area contributed by atoms with Gasteiger partial charge in [-0.2, -0.15) is 0 Å². The van der Waals surface area contributed by atoms with Crippen LogP contribution < -0.4 is 0 Å². The van der Waals surface area contributed by atoms with Gasteiger partial charge in [0.25, 0.3) is 0 Å². The fourth-order valence-corrected chi connectivity index (χ4v) is 1.83. The third-order valence-corrected chi connectivity index (χ3v) is 3.27. The molecule has 0 heterocycles. The molecule has 1 aromatic carbocycles. The fourth-order valence-electron chi connectivity index (χ4n) is 1.83. The van der Waals surface area contributed by atoms with Crippen molar-refractivity contribution in [2.24, 2.45) is 5.92 Å². The summed E-state index contributed by atoms with van der Waals surface area (Å²) in [6.07, 6.45) is -0.529. The molecule has 0 aliphatic carbocycles. The molecule has 22 heavy (non-hydrogen) atoms. The Morgan fingerprint density at radius 1 is 1.27 bits per heavy atom. The first-order valence-electron chi connectivity index (χ1n) is 7.35. The van der Waals surface area contributed by atoms with E-state index >= 15 is 0 Å². The minimum Gasteiger partial charge on any atom is -0.466 e. The van der Waals surface area contributed by atoms with Crippen LogP contribution >= 0.6 is 0 Å². The van der Waals surface area contributed by atoms with Crippen LogP contribution in [0.2, 0.25) is 0 Å². The van der Waals surface area contributed by atoms with Crippen LogP contribution in [0.1, 0.15) is 39.2 Å². The number of aliphatic hydroxyl groups is 1. The molecular formula is C18H22O4. The molecule has 0 aliphatic heterocycles. The van der Waals surface area contributed by atoms with E-state index in [2.05, 4.69) is 11.8 Å². The Bertz CT molecular complexity index is 566. The minimum atomic E-state index is -1.46. The molecule has 0 saturated carbocycles. The predicted octanol–water partition coefficient (Wildman–Crippen LogP) is 2.34. The second-order valence-corrected chi connectivity index (χ2v) is 5.39. The first-order valence-corrected chi connectivity index (χ1v) is 7.35. The molecule has 0 radical (unpaired) electrons. The molecule has 0 bridgehead atoms. The Hall–Kier alpha value is -2.12. The smallest absolute Gasteiger partial charge is 0.313 e. The van der Waals surface area contributed by atoms with Gasteiger partial charge in [0.15, 0.2) is 0 Å². The lowest BCUT2D eigenvalue weighted by Gasteiger charge is -2.25. The lowest BCUT2D eigenvalue weighted by atomic mass is 9.85. The van der Waals surface area contributed by atoms with Crippen LogP contribution in [-0.2, 0) is 14.3 Å². The number of carbonyl (C=O) groups excluding carboxylic acids is 2. The summed E-state index contributed by atoms with van der Waals surface area (Å²) in [6, 6.07) is 9.24. The molecule has 0 aliphatic rings. The zero-order valence-corrected chi connectivity index (χ0v) is 13.3. The van der Waals surface area contributed by atoms with E-state index in [-0.39, 0.29) is 31.1 Å². The topological polar surface area (TPSA) is 63.6 Å². The summed E-state index contributed by atoms with van der Waals surface area (Å²) in [6.45, 7) is 5.49. The molecule has 118 valence electrons. The van der Waals surface area contributed by atoms with Gasteiger partial charge in [0.05, 0.1) is 6.61 Å². The van der Waals surface area contributed by atoms with E-state index in [4.69, 9.17) is 4.74 Å². The Labute approximate surface area is 131 Å². The third kappa shape index (κ3) is 5.71. The zero-order chi connectivity index (χ0) is 16.6. The maximum atomic E-state index is 11.9. The summed E-state index contributed by atoms with van der Waals surface area (Å²) < 4.78 is 4.74. The Kier molecular flexibility index (Phi) is 6.81. The normalized spacial score (nSPS) is 13.0. The number of hydrogen-bond acceptors (Lipinski definition) is 4. The van der Waals surface area contributed by atoms with Crippen LogP contribution in [-0.4, -0.2) is 29.1 Å². The molecule has 1 atom stereocenters. The van der Waals surface area contributed by atoms with Crippen LogP contribution in [0.5, 0.6) is 0 Å². The van der Waals surface area contributed by atoms with Gasteiger partial charge in [-0.1, -0.05) is 43.9 Å². The van der Waals surface area contributed by atoms with Crippen molar-refractivity contribution in [3.63, 3.8) is 0 Å². The maximum absolute atomic E-state index is 11.9. The van der Waals surface area contributed by atoms with Gasteiger partial charge in [0.1, 0.15) is 17.8 Å². The summed E-state index contributed by atoms with van der Waals surface area (Å²) >= 11 is 0. The number of benzene rings is 1. The van der Waals surface area contributed by atoms with Crippen molar-refractivity contribution in [2.45, 2.75) is 39.2 Å². The van der Waals surface area contributed by atoms with E-state index in [1.54, 1.807) is 20.8 Å². The second-order valence-electron chi connectivity index (χ2n) is 5.39. The van der Waals surface area contributed by atoms with Gasteiger partial charge in [-0.25, -0.2) is 0 Å². The van der Waals surface area contributed by atoms with Crippen molar-refractivity contribution in [3.8, 4) is 11.8 Å². The Balaban J connectivity index is 2.82. The molecule has 1 aromatic rings. The summed E-state index contributed by atoms with van der Waals surface area (Å²) in [7, 11) is 0. The molecule has 4 nitrogen and oxygen atoms in total. The van der Waals surface area contributed by atoms with E-state index in [9.17, 15) is 14.7 Å². The zero-order valence-electron chi connectivity index (χ0n) is 13.3. The van der Waals surface area contributed by atoms with Crippen molar-refractivity contribution in [1.29, 1.82) is 0 Å². The van der Waals surface area contributed by atoms with Gasteiger partial charge in [-0.3, -0.25) is 9.59 Å². The minimum absolute atomic E-state index is 0.191. The second kappa shape index (κ2) is 8.35. The molecule has 0 fully saturated rings. The molecule has 4 heteroatoms. The molecule has 1 unspecified atom stereocenters. The van der Waals surface area contributed by atoms with Crippen LogP contribution in [0.15, 0.2) is 30.3 Å². The van der Waals surface area contributed by atoms with Gasteiger partial charge in [-0.05, 0) is 25.0 Å². The van der Waals surface area contributed by atoms with E-state index in [0.29, 0.717) is 0 Å². The van der Waals surface area contributed by atoms with Crippen molar-refractivity contribution in [1.82, 2.24) is 0 Å². The number of ether oxygens (including phenoxy) is 1. The highest BCUT2D eigenvalue weighted by Gasteiger charge is 2.32. The van der Waals surface area contributed by atoms with Gasteiger partial charge in [0, 0.05) is 12.0 Å². The van der Waals surface area contributed by atoms with Gasteiger partial charge < -0.3 is 9.84 Å². The highest BCUT2D eigenvalue weighted by atomic mass is 16.5. The quantitative estimate of drug-likeness (QED) is 0.498. The van der Waals surface area contributed by atoms with Crippen molar-refractivity contribution in [3.05, 3.63) is 35.9 Å². The first kappa shape index (κ1) is 17.9. The van der Waals surface area contributed by atoms with Crippen molar-refractivity contribution < 1.29 is 19.4 Å². The van der Waals surface area contributed by atoms with Crippen LogP contribution in [0.4, 0.5) is 0 Å². The summed E-state index contributed by atoms with van der Waals surface area (Å²) in [5.41, 5.74) is -0.696. The van der Waals surface area contributed by atoms with Crippen LogP contribution in [0.3, 0.4) is 0 Å². The van der Waals surface area contributed by atoms with Crippen molar-refractivity contribution in [2.75, 3.05) is 6.61 Å². The summed E-state index contributed by atoms with van der Waals surface area (Å²) in [4.78, 5) is 23.3. The third-order valence-electron chi connectivity index (χ3n) is 3.27. The highest BCUT2D eigenvalue weighted by Crippen LogP contribution is 2.22. The lowest BCUT2D eigenvalue weighted by Crippen LogP contribution is -2.36. The molecule has 1 rings (SSSR count). The molecule has 0 aromatic heterocycles. The number of Topliss-reactive ketones (excluding diaryl/α,β-unsaturated/α-hetero) is 1. The van der Waals surface area contributed by atoms with Crippen LogP contribution in [0.25, 0.3) is 0 Å². The number of rotatable bonds is 6. The largest absolute Gasteiger partial charge is 0.466 e. The van der Waals surface area contributed by atoms with E-state index in [1.807, 2.05) is 30.3 Å². The fraction of sp³-hybridized carbons (Fsp3) is 0.444. The van der Waals surface area contributed by atoms with Gasteiger partial charge >= 0.3 is 5.97 Å².